The van der Waals surface area contributed by atoms with Crippen molar-refractivity contribution >= 4 is 23.2 Å². The van der Waals surface area contributed by atoms with E-state index in [-0.39, 0.29) is 22.3 Å². The molecule has 0 unspecified atom stereocenters. The highest BCUT2D eigenvalue weighted by molar-refractivity contribution is 6.32. The molecule has 0 spiro atoms. The fourth-order valence-corrected chi connectivity index (χ4v) is 2.75. The fraction of sp³-hybridized carbons (Fsp3) is 0.294. The van der Waals surface area contributed by atoms with E-state index in [1.807, 2.05) is 0 Å². The number of hydrogen-bond donors (Lipinski definition) is 1. The van der Waals surface area contributed by atoms with Crippen LogP contribution in [0.5, 0.6) is 5.75 Å². The summed E-state index contributed by atoms with van der Waals surface area (Å²) in [6.45, 7) is 6.48. The quantitative estimate of drug-likeness (QED) is 0.828. The molecular formula is C17H17ClFNO3. The number of carbonyl (C=O) groups excluding carboxylic acids is 2. The van der Waals surface area contributed by atoms with Crippen LogP contribution in [0.1, 0.15) is 46.0 Å². The van der Waals surface area contributed by atoms with Crippen LogP contribution >= 0.6 is 11.6 Å². The zero-order valence-corrected chi connectivity index (χ0v) is 14.0. The van der Waals surface area contributed by atoms with Gasteiger partial charge in [0.1, 0.15) is 11.6 Å². The van der Waals surface area contributed by atoms with Gasteiger partial charge in [0.15, 0.2) is 11.9 Å². The van der Waals surface area contributed by atoms with Gasteiger partial charge < -0.3 is 9.72 Å². The van der Waals surface area contributed by atoms with Crippen LogP contribution in [0.4, 0.5) is 4.39 Å². The Balaban J connectivity index is 2.27. The minimum atomic E-state index is -0.838. The van der Waals surface area contributed by atoms with Crippen LogP contribution in [0.15, 0.2) is 18.2 Å². The Labute approximate surface area is 138 Å². The lowest BCUT2D eigenvalue weighted by Crippen LogP contribution is -2.25. The number of ketones is 2. The summed E-state index contributed by atoms with van der Waals surface area (Å²) in [4.78, 5) is 27.1. The second kappa shape index (κ2) is 6.54. The van der Waals surface area contributed by atoms with Crippen molar-refractivity contribution in [3.05, 3.63) is 51.6 Å². The van der Waals surface area contributed by atoms with Crippen molar-refractivity contribution in [2.75, 3.05) is 0 Å². The van der Waals surface area contributed by atoms with Gasteiger partial charge in [0.05, 0.1) is 10.7 Å². The van der Waals surface area contributed by atoms with Crippen molar-refractivity contribution < 1.29 is 18.7 Å². The van der Waals surface area contributed by atoms with E-state index in [0.717, 1.165) is 6.07 Å². The summed E-state index contributed by atoms with van der Waals surface area (Å²) in [5, 5.41) is 0.0912. The van der Waals surface area contributed by atoms with E-state index >= 15 is 0 Å². The standard InChI is InChI=1S/C17H17ClFNO3/c1-8-15(10(3)21)9(2)20-16(8)17(22)11(4)23-14-6-5-12(19)7-13(14)18/h5-7,11,20H,1-4H3/t11-/m0/s1. The summed E-state index contributed by atoms with van der Waals surface area (Å²) in [6, 6.07) is 3.69. The molecule has 1 aromatic carbocycles. The normalized spacial score (nSPS) is 12.1. The number of benzene rings is 1. The van der Waals surface area contributed by atoms with Crippen molar-refractivity contribution in [3.63, 3.8) is 0 Å². The van der Waals surface area contributed by atoms with E-state index in [2.05, 4.69) is 4.98 Å². The van der Waals surface area contributed by atoms with E-state index in [4.69, 9.17) is 16.3 Å². The maximum absolute atomic E-state index is 13.0. The van der Waals surface area contributed by atoms with E-state index in [1.54, 1.807) is 20.8 Å². The third kappa shape index (κ3) is 3.45. The van der Waals surface area contributed by atoms with Crippen LogP contribution in [0, 0.1) is 19.7 Å². The van der Waals surface area contributed by atoms with Gasteiger partial charge in [0.2, 0.25) is 5.78 Å². The van der Waals surface area contributed by atoms with Gasteiger partial charge in [-0.15, -0.1) is 0 Å². The molecule has 0 bridgehead atoms. The summed E-state index contributed by atoms with van der Waals surface area (Å²) in [5.41, 5.74) is 2.09. The third-order valence-electron chi connectivity index (χ3n) is 3.60. The Morgan fingerprint density at radius 2 is 1.96 bits per heavy atom. The van der Waals surface area contributed by atoms with E-state index in [1.165, 1.54) is 19.1 Å². The van der Waals surface area contributed by atoms with Gasteiger partial charge in [-0.3, -0.25) is 9.59 Å². The minimum Gasteiger partial charge on any atom is -0.481 e. The van der Waals surface area contributed by atoms with Crippen LogP contribution in [-0.2, 0) is 0 Å². The monoisotopic (exact) mass is 337 g/mol. The lowest BCUT2D eigenvalue weighted by atomic mass is 10.0. The number of halogens is 2. The van der Waals surface area contributed by atoms with Crippen molar-refractivity contribution in [2.45, 2.75) is 33.8 Å². The molecule has 0 saturated carbocycles. The van der Waals surface area contributed by atoms with Crippen LogP contribution in [0.3, 0.4) is 0 Å². The molecule has 0 amide bonds. The summed E-state index contributed by atoms with van der Waals surface area (Å²) < 4.78 is 18.6. The second-order valence-electron chi connectivity index (χ2n) is 5.38. The molecule has 0 radical (unpaired) electrons. The molecule has 1 heterocycles. The van der Waals surface area contributed by atoms with Gasteiger partial charge in [-0.25, -0.2) is 4.39 Å². The largest absolute Gasteiger partial charge is 0.481 e. The maximum atomic E-state index is 13.0. The zero-order valence-electron chi connectivity index (χ0n) is 13.3. The summed E-state index contributed by atoms with van der Waals surface area (Å²) in [6.07, 6.45) is -0.838. The molecule has 1 atom stereocenters. The molecule has 1 N–H and O–H groups in total. The molecule has 0 saturated heterocycles. The first-order valence-corrected chi connectivity index (χ1v) is 7.46. The van der Waals surface area contributed by atoms with E-state index in [0.29, 0.717) is 22.5 Å². The first-order valence-electron chi connectivity index (χ1n) is 7.08. The van der Waals surface area contributed by atoms with Gasteiger partial charge in [-0.05, 0) is 51.5 Å². The number of aromatic amines is 1. The first kappa shape index (κ1) is 17.2. The molecule has 0 fully saturated rings. The number of rotatable bonds is 5. The highest BCUT2D eigenvalue weighted by Gasteiger charge is 2.25. The average Bonchev–Trinajstić information content (AvgIpc) is 2.76. The third-order valence-corrected chi connectivity index (χ3v) is 3.90. The van der Waals surface area contributed by atoms with Gasteiger partial charge >= 0.3 is 0 Å². The Bertz CT molecular complexity index is 782. The molecule has 0 aliphatic rings. The van der Waals surface area contributed by atoms with Crippen molar-refractivity contribution in [2.24, 2.45) is 0 Å². The highest BCUT2D eigenvalue weighted by Crippen LogP contribution is 2.27. The molecule has 23 heavy (non-hydrogen) atoms. The minimum absolute atomic E-state index is 0.0912. The van der Waals surface area contributed by atoms with Crippen molar-refractivity contribution in [3.8, 4) is 5.75 Å². The molecule has 0 aliphatic heterocycles. The predicted molar refractivity (Wildman–Crippen MR) is 86.1 cm³/mol. The first-order chi connectivity index (χ1) is 10.7. The molecule has 122 valence electrons. The number of hydrogen-bond acceptors (Lipinski definition) is 3. The topological polar surface area (TPSA) is 59.2 Å². The Hall–Kier alpha value is -2.14. The number of Topliss-reactive ketones (excluding diaryl/α,β-unsaturated/α-hetero) is 2. The van der Waals surface area contributed by atoms with E-state index < -0.39 is 11.9 Å². The number of ether oxygens (including phenoxy) is 1. The molecule has 2 aromatic rings. The smallest absolute Gasteiger partial charge is 0.219 e. The van der Waals surface area contributed by atoms with Crippen molar-refractivity contribution in [1.29, 1.82) is 0 Å². The molecule has 2 rings (SSSR count). The second-order valence-corrected chi connectivity index (χ2v) is 5.79. The SMILES string of the molecule is CC(=O)c1c(C)[nH]c(C(=O)[C@H](C)Oc2ccc(F)cc2Cl)c1C. The molecule has 0 aliphatic carbocycles. The predicted octanol–water partition coefficient (Wildman–Crippen LogP) is 4.28. The van der Waals surface area contributed by atoms with Crippen LogP contribution < -0.4 is 4.74 Å². The van der Waals surface area contributed by atoms with Gasteiger partial charge in [0, 0.05) is 11.3 Å². The zero-order chi connectivity index (χ0) is 17.3. The van der Waals surface area contributed by atoms with Crippen LogP contribution in [0.25, 0.3) is 0 Å². The summed E-state index contributed by atoms with van der Waals surface area (Å²) in [5.74, 6) is -0.672. The van der Waals surface area contributed by atoms with Crippen molar-refractivity contribution in [1.82, 2.24) is 4.98 Å². The number of carbonyl (C=O) groups is 2. The molecule has 4 nitrogen and oxygen atoms in total. The summed E-state index contributed by atoms with van der Waals surface area (Å²) >= 11 is 5.90. The van der Waals surface area contributed by atoms with Gasteiger partial charge in [-0.1, -0.05) is 11.6 Å². The average molecular weight is 338 g/mol. The van der Waals surface area contributed by atoms with Crippen LogP contribution in [0.2, 0.25) is 5.02 Å². The number of aryl methyl sites for hydroxylation is 1. The number of nitrogens with one attached hydrogen (secondary N) is 1. The van der Waals surface area contributed by atoms with Gasteiger partial charge in [0.25, 0.3) is 0 Å². The Morgan fingerprint density at radius 3 is 2.48 bits per heavy atom. The lowest BCUT2D eigenvalue weighted by molar-refractivity contribution is 0.0812. The van der Waals surface area contributed by atoms with Crippen LogP contribution in [-0.4, -0.2) is 22.7 Å². The van der Waals surface area contributed by atoms with E-state index in [9.17, 15) is 14.0 Å². The Kier molecular flexibility index (Phi) is 4.90. The lowest BCUT2D eigenvalue weighted by Gasteiger charge is -2.14. The molecule has 1 aromatic heterocycles. The molecule has 6 heteroatoms. The fourth-order valence-electron chi connectivity index (χ4n) is 2.54. The van der Waals surface area contributed by atoms with Gasteiger partial charge in [-0.2, -0.15) is 0 Å². The summed E-state index contributed by atoms with van der Waals surface area (Å²) in [7, 11) is 0. The highest BCUT2D eigenvalue weighted by atomic mass is 35.5. The number of aromatic nitrogens is 1. The number of H-pyrrole nitrogens is 1. The maximum Gasteiger partial charge on any atom is 0.219 e. The molecular weight excluding hydrogens is 321 g/mol. The Morgan fingerprint density at radius 1 is 1.30 bits per heavy atom.